The van der Waals surface area contributed by atoms with Gasteiger partial charge in [-0.15, -0.1) is 0 Å². The lowest BCUT2D eigenvalue weighted by atomic mass is 10.0. The molecule has 6 nitrogen and oxygen atoms in total. The number of amides is 1. The lowest BCUT2D eigenvalue weighted by Crippen LogP contribution is -2.28. The fraction of sp³-hybridized carbons (Fsp3) is 0.467. The molecule has 2 saturated heterocycles. The van der Waals surface area contributed by atoms with Gasteiger partial charge >= 0.3 is 0 Å². The number of likely N-dealkylation sites (tertiary alicyclic amines) is 1. The van der Waals surface area contributed by atoms with Gasteiger partial charge in [-0.05, 0) is 18.2 Å². The van der Waals surface area contributed by atoms with Crippen molar-refractivity contribution in [3.05, 3.63) is 23.9 Å². The first-order chi connectivity index (χ1) is 10.2. The third kappa shape index (κ3) is 2.06. The predicted octanol–water partition coefficient (Wildman–Crippen LogP) is 0.749. The van der Waals surface area contributed by atoms with Gasteiger partial charge in [0.1, 0.15) is 5.75 Å². The topological polar surface area (TPSA) is 70.2 Å². The molecular formula is C15H18N4O2. The maximum atomic E-state index is 11.7. The summed E-state index contributed by atoms with van der Waals surface area (Å²) in [5.74, 6) is 1.66. The van der Waals surface area contributed by atoms with Crippen LogP contribution in [-0.2, 0) is 11.3 Å². The number of aromatic amines is 1. The van der Waals surface area contributed by atoms with Crippen LogP contribution < -0.4 is 10.1 Å². The molecule has 2 aliphatic rings. The third-order valence-electron chi connectivity index (χ3n) is 4.61. The molecule has 4 rings (SSSR count). The molecule has 2 aliphatic heterocycles. The van der Waals surface area contributed by atoms with Crippen LogP contribution in [0.5, 0.6) is 5.75 Å². The molecule has 2 fully saturated rings. The van der Waals surface area contributed by atoms with Gasteiger partial charge in [0.15, 0.2) is 0 Å². The second-order valence-electron chi connectivity index (χ2n) is 5.89. The van der Waals surface area contributed by atoms with Crippen molar-refractivity contribution >= 4 is 16.8 Å². The smallest absolute Gasteiger partial charge is 0.224 e. The molecule has 1 aromatic heterocycles. The highest BCUT2D eigenvalue weighted by Crippen LogP contribution is 2.29. The van der Waals surface area contributed by atoms with Gasteiger partial charge in [-0.1, -0.05) is 0 Å². The lowest BCUT2D eigenvalue weighted by Gasteiger charge is -2.15. The summed E-state index contributed by atoms with van der Waals surface area (Å²) in [4.78, 5) is 14.1. The van der Waals surface area contributed by atoms with E-state index >= 15 is 0 Å². The van der Waals surface area contributed by atoms with Gasteiger partial charge in [0, 0.05) is 37.5 Å². The summed E-state index contributed by atoms with van der Waals surface area (Å²) >= 11 is 0. The second-order valence-corrected chi connectivity index (χ2v) is 5.89. The molecule has 0 radical (unpaired) electrons. The van der Waals surface area contributed by atoms with E-state index in [-0.39, 0.29) is 11.8 Å². The number of carbonyl (C=O) groups excluding carboxylic acids is 1. The van der Waals surface area contributed by atoms with Gasteiger partial charge < -0.3 is 10.1 Å². The predicted molar refractivity (Wildman–Crippen MR) is 77.9 cm³/mol. The van der Waals surface area contributed by atoms with Crippen LogP contribution in [0.1, 0.15) is 5.69 Å². The fourth-order valence-electron chi connectivity index (χ4n) is 3.47. The quantitative estimate of drug-likeness (QED) is 0.873. The van der Waals surface area contributed by atoms with E-state index in [1.165, 1.54) is 0 Å². The molecule has 0 aliphatic carbocycles. The van der Waals surface area contributed by atoms with E-state index in [0.717, 1.165) is 48.5 Å². The molecule has 0 bridgehead atoms. The molecule has 1 aromatic carbocycles. The molecular weight excluding hydrogens is 268 g/mol. The molecule has 1 amide bonds. The van der Waals surface area contributed by atoms with Crippen LogP contribution in [0.2, 0.25) is 0 Å². The number of fused-ring (bicyclic) bond motifs is 2. The highest BCUT2D eigenvalue weighted by molar-refractivity contribution is 5.83. The first-order valence-electron chi connectivity index (χ1n) is 7.25. The Kier molecular flexibility index (Phi) is 2.85. The molecule has 2 aromatic rings. The van der Waals surface area contributed by atoms with Crippen molar-refractivity contribution in [3.63, 3.8) is 0 Å². The van der Waals surface area contributed by atoms with E-state index in [0.29, 0.717) is 5.92 Å². The van der Waals surface area contributed by atoms with Gasteiger partial charge in [-0.2, -0.15) is 5.10 Å². The summed E-state index contributed by atoms with van der Waals surface area (Å²) in [6, 6.07) is 5.88. The van der Waals surface area contributed by atoms with Crippen LogP contribution in [0.25, 0.3) is 10.9 Å². The molecule has 6 heteroatoms. The summed E-state index contributed by atoms with van der Waals surface area (Å²) in [5.41, 5.74) is 2.03. The number of carbonyl (C=O) groups is 1. The van der Waals surface area contributed by atoms with Crippen molar-refractivity contribution in [3.8, 4) is 5.75 Å². The van der Waals surface area contributed by atoms with Crippen LogP contribution in [0.3, 0.4) is 0 Å². The molecule has 0 saturated carbocycles. The first-order valence-corrected chi connectivity index (χ1v) is 7.25. The Morgan fingerprint density at radius 3 is 3.14 bits per heavy atom. The Hall–Kier alpha value is -2.08. The van der Waals surface area contributed by atoms with Gasteiger partial charge in [-0.3, -0.25) is 14.8 Å². The van der Waals surface area contributed by atoms with Gasteiger partial charge in [0.05, 0.1) is 24.2 Å². The summed E-state index contributed by atoms with van der Waals surface area (Å²) in [6.45, 7) is 3.41. The van der Waals surface area contributed by atoms with Gasteiger partial charge in [0.2, 0.25) is 5.91 Å². The van der Waals surface area contributed by atoms with E-state index in [1.54, 1.807) is 7.11 Å². The maximum absolute atomic E-state index is 11.7. The highest BCUT2D eigenvalue weighted by atomic mass is 16.5. The molecule has 3 heterocycles. The van der Waals surface area contributed by atoms with Crippen molar-refractivity contribution in [2.24, 2.45) is 11.8 Å². The minimum atomic E-state index is 0.161. The zero-order chi connectivity index (χ0) is 14.4. The Labute approximate surface area is 122 Å². The van der Waals surface area contributed by atoms with Crippen molar-refractivity contribution < 1.29 is 9.53 Å². The summed E-state index contributed by atoms with van der Waals surface area (Å²) in [7, 11) is 1.67. The Balaban J connectivity index is 1.56. The second kappa shape index (κ2) is 4.73. The number of rotatable bonds is 3. The van der Waals surface area contributed by atoms with E-state index in [9.17, 15) is 4.79 Å². The number of hydrogen-bond acceptors (Lipinski definition) is 4. The molecule has 0 unspecified atom stereocenters. The summed E-state index contributed by atoms with van der Waals surface area (Å²) < 4.78 is 5.28. The molecule has 2 N–H and O–H groups in total. The number of ether oxygens (including phenoxy) is 1. The van der Waals surface area contributed by atoms with Crippen LogP contribution in [0, 0.1) is 11.8 Å². The number of nitrogens with one attached hydrogen (secondary N) is 2. The van der Waals surface area contributed by atoms with Crippen LogP contribution in [0.15, 0.2) is 18.2 Å². The van der Waals surface area contributed by atoms with Gasteiger partial charge in [-0.25, -0.2) is 0 Å². The van der Waals surface area contributed by atoms with Crippen LogP contribution in [0.4, 0.5) is 0 Å². The number of H-pyrrole nitrogens is 1. The zero-order valence-electron chi connectivity index (χ0n) is 11.9. The van der Waals surface area contributed by atoms with E-state index in [4.69, 9.17) is 4.74 Å². The highest BCUT2D eigenvalue weighted by Gasteiger charge is 2.41. The average Bonchev–Trinajstić information content (AvgIpc) is 3.17. The molecule has 110 valence electrons. The van der Waals surface area contributed by atoms with Gasteiger partial charge in [0.25, 0.3) is 0 Å². The number of nitrogens with zero attached hydrogens (tertiary/aromatic N) is 2. The van der Waals surface area contributed by atoms with Crippen LogP contribution in [-0.4, -0.2) is 47.7 Å². The average molecular weight is 286 g/mol. The van der Waals surface area contributed by atoms with E-state index in [2.05, 4.69) is 20.4 Å². The van der Waals surface area contributed by atoms with Crippen molar-refractivity contribution in [1.29, 1.82) is 0 Å². The van der Waals surface area contributed by atoms with Crippen molar-refractivity contribution in [1.82, 2.24) is 20.4 Å². The summed E-state index contributed by atoms with van der Waals surface area (Å²) in [5, 5.41) is 11.5. The largest absolute Gasteiger partial charge is 0.497 e. The maximum Gasteiger partial charge on any atom is 0.224 e. The zero-order valence-corrected chi connectivity index (χ0v) is 11.9. The van der Waals surface area contributed by atoms with Crippen molar-refractivity contribution in [2.75, 3.05) is 26.7 Å². The van der Waals surface area contributed by atoms with Crippen LogP contribution >= 0.6 is 0 Å². The molecule has 21 heavy (non-hydrogen) atoms. The number of aromatic nitrogens is 2. The normalized spacial score (nSPS) is 25.3. The summed E-state index contributed by atoms with van der Waals surface area (Å²) in [6.07, 6.45) is 0. The lowest BCUT2D eigenvalue weighted by molar-refractivity contribution is -0.122. The van der Waals surface area contributed by atoms with Crippen molar-refractivity contribution in [2.45, 2.75) is 6.54 Å². The fourth-order valence-corrected chi connectivity index (χ4v) is 3.47. The monoisotopic (exact) mass is 286 g/mol. The number of benzene rings is 1. The third-order valence-corrected chi connectivity index (χ3v) is 4.61. The Bertz CT molecular complexity index is 696. The number of methoxy groups -OCH3 is 1. The standard InChI is InChI=1S/C15H18N4O2/c1-21-10-2-3-13-11(4-10)14(18-17-13)8-19-6-9-5-16-15(20)12(9)7-19/h2-4,9,12H,5-8H2,1H3,(H,16,20)(H,17,18)/t9-,12+/m0/s1. The van der Waals surface area contributed by atoms with E-state index in [1.807, 2.05) is 18.2 Å². The van der Waals surface area contributed by atoms with E-state index < -0.39 is 0 Å². The minimum absolute atomic E-state index is 0.161. The SMILES string of the molecule is COc1ccc2n[nH]c(CN3C[C@@H]4CNC(=O)[C@@H]4C3)c2c1. The Morgan fingerprint density at radius 1 is 1.43 bits per heavy atom. The molecule has 2 atom stereocenters. The number of hydrogen-bond donors (Lipinski definition) is 2. The minimum Gasteiger partial charge on any atom is -0.497 e. The Morgan fingerprint density at radius 2 is 2.33 bits per heavy atom. The first kappa shape index (κ1) is 12.6. The molecule has 0 spiro atoms.